The fourth-order valence-electron chi connectivity index (χ4n) is 3.36. The quantitative estimate of drug-likeness (QED) is 0.147. The number of anilines is 1. The molecule has 0 radical (unpaired) electrons. The topological polar surface area (TPSA) is 55.1 Å². The SMILES string of the molecule is Brc1ccc2c(c1)C=C(c1ccccc1)C2.CC(=O)c1ccccc1.NNc1ccc(Br)cc1. The highest BCUT2D eigenvalue weighted by atomic mass is 79.9. The first kappa shape index (κ1) is 25.6. The molecule has 0 aromatic heterocycles. The molecule has 0 atom stereocenters. The highest BCUT2D eigenvalue weighted by Crippen LogP contribution is 2.32. The molecule has 0 spiro atoms. The molecule has 0 aliphatic heterocycles. The maximum Gasteiger partial charge on any atom is 0.159 e. The number of carbonyl (C=O) groups is 1. The molecule has 0 bridgehead atoms. The Kier molecular flexibility index (Phi) is 9.83. The van der Waals surface area contributed by atoms with E-state index in [0.717, 1.165) is 26.6 Å². The predicted molar refractivity (Wildman–Crippen MR) is 151 cm³/mol. The third-order valence-corrected chi connectivity index (χ3v) is 6.18. The Labute approximate surface area is 218 Å². The van der Waals surface area contributed by atoms with Gasteiger partial charge in [0.05, 0.1) is 0 Å². The molecule has 5 rings (SSSR count). The van der Waals surface area contributed by atoms with Gasteiger partial charge >= 0.3 is 0 Å². The molecule has 0 amide bonds. The summed E-state index contributed by atoms with van der Waals surface area (Å²) < 4.78 is 2.21. The average Bonchev–Trinajstić information content (AvgIpc) is 3.30. The molecule has 3 N–H and O–H groups in total. The lowest BCUT2D eigenvalue weighted by Crippen LogP contribution is -2.05. The lowest BCUT2D eigenvalue weighted by atomic mass is 10.0. The fourth-order valence-corrected chi connectivity index (χ4v) is 4.00. The number of hydrazine groups is 1. The molecule has 34 heavy (non-hydrogen) atoms. The number of hydrogen-bond donors (Lipinski definition) is 2. The Morgan fingerprint density at radius 3 is 1.94 bits per heavy atom. The summed E-state index contributed by atoms with van der Waals surface area (Å²) in [7, 11) is 0. The molecule has 5 heteroatoms. The van der Waals surface area contributed by atoms with E-state index in [2.05, 4.69) is 91.9 Å². The maximum atomic E-state index is 10.6. The summed E-state index contributed by atoms with van der Waals surface area (Å²) in [6.45, 7) is 1.56. The van der Waals surface area contributed by atoms with Crippen LogP contribution in [0.3, 0.4) is 0 Å². The minimum Gasteiger partial charge on any atom is -0.324 e. The maximum absolute atomic E-state index is 10.6. The molecule has 4 aromatic carbocycles. The van der Waals surface area contributed by atoms with E-state index in [-0.39, 0.29) is 5.78 Å². The van der Waals surface area contributed by atoms with Crippen molar-refractivity contribution in [2.45, 2.75) is 13.3 Å². The van der Waals surface area contributed by atoms with Crippen LogP contribution < -0.4 is 11.3 Å². The highest BCUT2D eigenvalue weighted by Gasteiger charge is 2.13. The molecule has 1 aliphatic rings. The van der Waals surface area contributed by atoms with Crippen LogP contribution in [0.1, 0.15) is 34.0 Å². The van der Waals surface area contributed by atoms with E-state index < -0.39 is 0 Å². The first-order valence-corrected chi connectivity index (χ1v) is 12.4. The molecule has 0 saturated heterocycles. The fraction of sp³-hybridized carbons (Fsp3) is 0.0690. The van der Waals surface area contributed by atoms with Crippen LogP contribution in [0, 0.1) is 0 Å². The summed E-state index contributed by atoms with van der Waals surface area (Å²) in [5.74, 6) is 5.26. The van der Waals surface area contributed by atoms with E-state index in [1.165, 1.54) is 22.3 Å². The third-order valence-electron chi connectivity index (χ3n) is 5.15. The highest BCUT2D eigenvalue weighted by molar-refractivity contribution is 9.10. The molecule has 1 aliphatic carbocycles. The van der Waals surface area contributed by atoms with Crippen LogP contribution in [0.5, 0.6) is 0 Å². The normalized spacial score (nSPS) is 11.1. The van der Waals surface area contributed by atoms with Crippen molar-refractivity contribution in [1.29, 1.82) is 0 Å². The molecule has 4 aromatic rings. The summed E-state index contributed by atoms with van der Waals surface area (Å²) in [6, 6.07) is 34.0. The number of carbonyl (C=O) groups excluding carboxylic acids is 1. The van der Waals surface area contributed by atoms with Crippen molar-refractivity contribution in [2.24, 2.45) is 5.84 Å². The van der Waals surface area contributed by atoms with E-state index in [9.17, 15) is 4.79 Å². The van der Waals surface area contributed by atoms with Gasteiger partial charge in [-0.25, -0.2) is 0 Å². The van der Waals surface area contributed by atoms with Gasteiger partial charge in [-0.2, -0.15) is 0 Å². The van der Waals surface area contributed by atoms with Gasteiger partial charge in [0.2, 0.25) is 0 Å². The van der Waals surface area contributed by atoms with E-state index in [0.29, 0.717) is 0 Å². The van der Waals surface area contributed by atoms with Crippen LogP contribution >= 0.6 is 31.9 Å². The van der Waals surface area contributed by atoms with Gasteiger partial charge in [-0.3, -0.25) is 10.6 Å². The second kappa shape index (κ2) is 13.0. The summed E-state index contributed by atoms with van der Waals surface area (Å²) in [4.78, 5) is 10.6. The van der Waals surface area contributed by atoms with Crippen LogP contribution in [0.2, 0.25) is 0 Å². The van der Waals surface area contributed by atoms with Crippen LogP contribution in [-0.2, 0) is 6.42 Å². The standard InChI is InChI=1S/C15H11Br.C8H8O.C6H7BrN2/c16-15-7-6-12-8-13(9-14(12)10-15)11-4-2-1-3-5-11;1-7(9)8-5-3-2-4-6-8;7-5-1-3-6(9-8)4-2-5/h1-7,9-10H,8H2;2-6H,1H3;1-4,9H,8H2. The van der Waals surface area contributed by atoms with Gasteiger partial charge in [0.15, 0.2) is 5.78 Å². The number of hydrogen-bond acceptors (Lipinski definition) is 3. The van der Waals surface area contributed by atoms with E-state index >= 15 is 0 Å². The van der Waals surface area contributed by atoms with Gasteiger partial charge in [-0.05, 0) is 72.0 Å². The van der Waals surface area contributed by atoms with E-state index in [4.69, 9.17) is 5.84 Å². The van der Waals surface area contributed by atoms with Gasteiger partial charge in [0, 0.05) is 20.2 Å². The number of fused-ring (bicyclic) bond motifs is 1. The first-order valence-electron chi connectivity index (χ1n) is 10.8. The Bertz CT molecular complexity index is 1240. The Morgan fingerprint density at radius 2 is 1.38 bits per heavy atom. The third kappa shape index (κ3) is 7.80. The summed E-state index contributed by atoms with van der Waals surface area (Å²) in [5.41, 5.74) is 9.72. The second-order valence-corrected chi connectivity index (χ2v) is 9.46. The summed E-state index contributed by atoms with van der Waals surface area (Å²) in [5, 5.41) is 0. The molecule has 0 heterocycles. The molecule has 0 unspecified atom stereocenters. The predicted octanol–water partition coefficient (Wildman–Crippen LogP) is 8.17. The zero-order chi connectivity index (χ0) is 24.3. The molecule has 172 valence electrons. The number of nitrogens with one attached hydrogen (secondary N) is 1. The summed E-state index contributed by atoms with van der Waals surface area (Å²) in [6.07, 6.45) is 3.34. The molecular formula is C29H26Br2N2O. The minimum atomic E-state index is 0.121. The second-order valence-electron chi connectivity index (χ2n) is 7.63. The molecule has 0 saturated carbocycles. The van der Waals surface area contributed by atoms with Gasteiger partial charge in [-0.15, -0.1) is 0 Å². The van der Waals surface area contributed by atoms with E-state index in [1.54, 1.807) is 6.92 Å². The number of Topliss-reactive ketones (excluding diaryl/α,β-unsaturated/α-hetero) is 1. The zero-order valence-electron chi connectivity index (χ0n) is 18.8. The first-order chi connectivity index (χ1) is 16.5. The monoisotopic (exact) mass is 576 g/mol. The molecular weight excluding hydrogens is 552 g/mol. The van der Waals surface area contributed by atoms with Crippen LogP contribution in [-0.4, -0.2) is 5.78 Å². The van der Waals surface area contributed by atoms with Crippen molar-refractivity contribution in [3.05, 3.63) is 134 Å². The molecule has 0 fully saturated rings. The lowest BCUT2D eigenvalue weighted by molar-refractivity contribution is 0.101. The van der Waals surface area contributed by atoms with Gasteiger partial charge in [-0.1, -0.05) is 105 Å². The largest absolute Gasteiger partial charge is 0.324 e. The van der Waals surface area contributed by atoms with Crippen molar-refractivity contribution in [3.8, 4) is 0 Å². The van der Waals surface area contributed by atoms with Crippen molar-refractivity contribution in [1.82, 2.24) is 0 Å². The lowest BCUT2D eigenvalue weighted by Gasteiger charge is -2.01. The Hall–Kier alpha value is -2.99. The number of nitrogen functional groups attached to an aromatic ring is 1. The van der Waals surface area contributed by atoms with Crippen molar-refractivity contribution in [3.63, 3.8) is 0 Å². The number of benzene rings is 4. The van der Waals surface area contributed by atoms with Gasteiger partial charge < -0.3 is 5.43 Å². The number of ketones is 1. The summed E-state index contributed by atoms with van der Waals surface area (Å²) >= 11 is 6.82. The van der Waals surface area contributed by atoms with Crippen LogP contribution in [0.25, 0.3) is 11.6 Å². The smallest absolute Gasteiger partial charge is 0.159 e. The van der Waals surface area contributed by atoms with Crippen molar-refractivity contribution >= 4 is 55.0 Å². The Morgan fingerprint density at radius 1 is 0.794 bits per heavy atom. The minimum absolute atomic E-state index is 0.121. The Balaban J connectivity index is 0.000000155. The van der Waals surface area contributed by atoms with Gasteiger partial charge in [0.1, 0.15) is 0 Å². The van der Waals surface area contributed by atoms with E-state index in [1.807, 2.05) is 54.6 Å². The van der Waals surface area contributed by atoms with Crippen LogP contribution in [0.4, 0.5) is 5.69 Å². The van der Waals surface area contributed by atoms with Crippen molar-refractivity contribution in [2.75, 3.05) is 5.43 Å². The number of nitrogens with two attached hydrogens (primary N) is 1. The average molecular weight is 578 g/mol. The number of rotatable bonds is 3. The number of halogens is 2. The molecule has 3 nitrogen and oxygen atoms in total. The van der Waals surface area contributed by atoms with Crippen LogP contribution in [0.15, 0.2) is 112 Å². The zero-order valence-corrected chi connectivity index (χ0v) is 22.0. The van der Waals surface area contributed by atoms with Gasteiger partial charge in [0.25, 0.3) is 0 Å². The van der Waals surface area contributed by atoms with Crippen molar-refractivity contribution < 1.29 is 4.79 Å². The number of allylic oxidation sites excluding steroid dienone is 1.